The second-order valence-electron chi connectivity index (χ2n) is 7.53. The fourth-order valence-corrected chi connectivity index (χ4v) is 3.57. The van der Waals surface area contributed by atoms with E-state index >= 15 is 0 Å². The molecule has 2 amide bonds. The number of carbonyl (C=O) groups is 2. The molecule has 4 rings (SSSR count). The van der Waals surface area contributed by atoms with Gasteiger partial charge in [-0.25, -0.2) is 4.98 Å². The van der Waals surface area contributed by atoms with Crippen molar-refractivity contribution in [1.82, 2.24) is 9.88 Å². The van der Waals surface area contributed by atoms with Crippen molar-refractivity contribution in [3.63, 3.8) is 0 Å². The highest BCUT2D eigenvalue weighted by Gasteiger charge is 2.34. The van der Waals surface area contributed by atoms with Crippen LogP contribution in [0.4, 0.5) is 11.5 Å². The molecule has 29 heavy (non-hydrogen) atoms. The van der Waals surface area contributed by atoms with Gasteiger partial charge in [-0.05, 0) is 49.6 Å². The van der Waals surface area contributed by atoms with Crippen LogP contribution in [0.2, 0.25) is 0 Å². The van der Waals surface area contributed by atoms with Crippen molar-refractivity contribution in [2.75, 3.05) is 43.5 Å². The molecule has 7 nitrogen and oxygen atoms in total. The number of nitrogens with zero attached hydrogens (tertiary/aromatic N) is 3. The summed E-state index contributed by atoms with van der Waals surface area (Å²) in [6, 6.07) is 10.8. The van der Waals surface area contributed by atoms with E-state index < -0.39 is 0 Å². The summed E-state index contributed by atoms with van der Waals surface area (Å²) in [5, 5.41) is 2.86. The fraction of sp³-hybridized carbons (Fsp3) is 0.409. The van der Waals surface area contributed by atoms with Crippen LogP contribution in [0, 0.1) is 5.92 Å². The van der Waals surface area contributed by atoms with E-state index in [9.17, 15) is 9.59 Å². The third kappa shape index (κ3) is 4.67. The first-order chi connectivity index (χ1) is 14.1. The van der Waals surface area contributed by atoms with Gasteiger partial charge in [-0.15, -0.1) is 0 Å². The molecule has 1 aliphatic heterocycles. The van der Waals surface area contributed by atoms with Gasteiger partial charge in [0.2, 0.25) is 5.91 Å². The van der Waals surface area contributed by atoms with Gasteiger partial charge in [0.15, 0.2) is 0 Å². The average Bonchev–Trinajstić information content (AvgIpc) is 3.61. The summed E-state index contributed by atoms with van der Waals surface area (Å²) < 4.78 is 5.16. The topological polar surface area (TPSA) is 74.8 Å². The molecule has 1 aromatic carbocycles. The fourth-order valence-electron chi connectivity index (χ4n) is 3.57. The molecule has 2 heterocycles. The molecule has 1 saturated heterocycles. The van der Waals surface area contributed by atoms with Gasteiger partial charge < -0.3 is 19.9 Å². The van der Waals surface area contributed by atoms with Crippen LogP contribution < -0.4 is 15.0 Å². The van der Waals surface area contributed by atoms with Crippen LogP contribution in [0.15, 0.2) is 42.6 Å². The van der Waals surface area contributed by atoms with Crippen molar-refractivity contribution < 1.29 is 14.3 Å². The molecule has 1 aromatic heterocycles. The standard InChI is InChI=1S/C22H26N4O3/c1-29-19-5-2-4-17(14-19)21(27)24-18-8-9-20(23-15-18)25-10-3-11-26(13-12-25)22(28)16-6-7-16/h2,4-5,8-9,14-16H,3,6-7,10-13H2,1H3,(H,24,27). The normalized spacial score (nSPS) is 16.9. The summed E-state index contributed by atoms with van der Waals surface area (Å²) in [6.07, 6.45) is 4.70. The van der Waals surface area contributed by atoms with Crippen molar-refractivity contribution in [1.29, 1.82) is 0 Å². The first kappa shape index (κ1) is 19.2. The number of methoxy groups -OCH3 is 1. The Labute approximate surface area is 170 Å². The number of aromatic nitrogens is 1. The van der Waals surface area contributed by atoms with Gasteiger partial charge in [-0.2, -0.15) is 0 Å². The predicted octanol–water partition coefficient (Wildman–Crippen LogP) is 2.79. The van der Waals surface area contributed by atoms with Gasteiger partial charge in [-0.3, -0.25) is 9.59 Å². The second kappa shape index (κ2) is 8.51. The third-order valence-corrected chi connectivity index (χ3v) is 5.40. The van der Waals surface area contributed by atoms with Gasteiger partial charge in [0.05, 0.1) is 19.0 Å². The summed E-state index contributed by atoms with van der Waals surface area (Å²) in [7, 11) is 1.57. The largest absolute Gasteiger partial charge is 0.497 e. The van der Waals surface area contributed by atoms with Gasteiger partial charge >= 0.3 is 0 Å². The molecular weight excluding hydrogens is 368 g/mol. The lowest BCUT2D eigenvalue weighted by atomic mass is 10.2. The van der Waals surface area contributed by atoms with Crippen LogP contribution in [0.5, 0.6) is 5.75 Å². The summed E-state index contributed by atoms with van der Waals surface area (Å²) >= 11 is 0. The Balaban J connectivity index is 1.36. The number of benzene rings is 1. The molecule has 2 aromatic rings. The maximum absolute atomic E-state index is 12.4. The maximum Gasteiger partial charge on any atom is 0.255 e. The number of ether oxygens (including phenoxy) is 1. The van der Waals surface area contributed by atoms with Crippen LogP contribution >= 0.6 is 0 Å². The number of carbonyl (C=O) groups excluding carboxylic acids is 2. The van der Waals surface area contributed by atoms with Crippen molar-refractivity contribution in [3.8, 4) is 5.75 Å². The Morgan fingerprint density at radius 2 is 1.97 bits per heavy atom. The molecule has 0 radical (unpaired) electrons. The highest BCUT2D eigenvalue weighted by Crippen LogP contribution is 2.31. The Hall–Kier alpha value is -3.09. The molecule has 7 heteroatoms. The molecule has 2 fully saturated rings. The van der Waals surface area contributed by atoms with Gasteiger partial charge in [-0.1, -0.05) is 6.07 Å². The van der Waals surface area contributed by atoms with Crippen molar-refractivity contribution in [2.24, 2.45) is 5.92 Å². The second-order valence-corrected chi connectivity index (χ2v) is 7.53. The SMILES string of the molecule is COc1cccc(C(=O)Nc2ccc(N3CCCN(C(=O)C4CC4)CC3)nc2)c1. The number of nitrogens with one attached hydrogen (secondary N) is 1. The molecular formula is C22H26N4O3. The van der Waals surface area contributed by atoms with E-state index in [1.54, 1.807) is 37.6 Å². The smallest absolute Gasteiger partial charge is 0.255 e. The van der Waals surface area contributed by atoms with Gasteiger partial charge in [0.25, 0.3) is 5.91 Å². The Morgan fingerprint density at radius 1 is 1.10 bits per heavy atom. The predicted molar refractivity (Wildman–Crippen MR) is 111 cm³/mol. The number of amides is 2. The number of anilines is 2. The summed E-state index contributed by atoms with van der Waals surface area (Å²) in [6.45, 7) is 3.21. The highest BCUT2D eigenvalue weighted by atomic mass is 16.5. The first-order valence-corrected chi connectivity index (χ1v) is 10.1. The number of pyridine rings is 1. The minimum Gasteiger partial charge on any atom is -0.497 e. The van der Waals surface area contributed by atoms with Crippen LogP contribution in [-0.4, -0.2) is 55.0 Å². The third-order valence-electron chi connectivity index (χ3n) is 5.40. The minimum atomic E-state index is -0.206. The molecule has 0 bridgehead atoms. The first-order valence-electron chi connectivity index (χ1n) is 10.1. The highest BCUT2D eigenvalue weighted by molar-refractivity contribution is 6.04. The van der Waals surface area contributed by atoms with Crippen LogP contribution in [0.1, 0.15) is 29.6 Å². The lowest BCUT2D eigenvalue weighted by molar-refractivity contribution is -0.132. The van der Waals surface area contributed by atoms with Crippen LogP contribution in [0.25, 0.3) is 0 Å². The number of hydrogen-bond acceptors (Lipinski definition) is 5. The lowest BCUT2D eigenvalue weighted by Crippen LogP contribution is -2.36. The van der Waals surface area contributed by atoms with E-state index in [0.29, 0.717) is 22.9 Å². The molecule has 0 atom stereocenters. The molecule has 1 N–H and O–H groups in total. The average molecular weight is 394 g/mol. The van der Waals surface area contributed by atoms with E-state index in [2.05, 4.69) is 15.2 Å². The monoisotopic (exact) mass is 394 g/mol. The Kier molecular flexibility index (Phi) is 5.64. The van der Waals surface area contributed by atoms with Crippen molar-refractivity contribution >= 4 is 23.3 Å². The van der Waals surface area contributed by atoms with E-state index in [1.165, 1.54) is 0 Å². The Bertz CT molecular complexity index is 880. The molecule has 2 aliphatic rings. The van der Waals surface area contributed by atoms with Crippen LogP contribution in [0.3, 0.4) is 0 Å². The molecule has 0 spiro atoms. The van der Waals surface area contributed by atoms with E-state index in [1.807, 2.05) is 17.0 Å². The van der Waals surface area contributed by atoms with E-state index in [0.717, 1.165) is 51.3 Å². The zero-order valence-corrected chi connectivity index (χ0v) is 16.6. The molecule has 0 unspecified atom stereocenters. The van der Waals surface area contributed by atoms with Crippen LogP contribution in [-0.2, 0) is 4.79 Å². The zero-order valence-electron chi connectivity index (χ0n) is 16.6. The van der Waals surface area contributed by atoms with Gasteiger partial charge in [0.1, 0.15) is 11.6 Å². The van der Waals surface area contributed by atoms with Gasteiger partial charge in [0, 0.05) is 37.7 Å². The summed E-state index contributed by atoms with van der Waals surface area (Å²) in [5.74, 6) is 1.89. The van der Waals surface area contributed by atoms with E-state index in [4.69, 9.17) is 4.74 Å². The Morgan fingerprint density at radius 3 is 2.69 bits per heavy atom. The molecule has 1 aliphatic carbocycles. The summed E-state index contributed by atoms with van der Waals surface area (Å²) in [4.78, 5) is 33.5. The minimum absolute atomic E-state index is 0.206. The van der Waals surface area contributed by atoms with E-state index in [-0.39, 0.29) is 11.8 Å². The van der Waals surface area contributed by atoms with Crippen molar-refractivity contribution in [2.45, 2.75) is 19.3 Å². The zero-order chi connectivity index (χ0) is 20.2. The maximum atomic E-state index is 12.4. The van der Waals surface area contributed by atoms with Crippen molar-refractivity contribution in [3.05, 3.63) is 48.2 Å². The lowest BCUT2D eigenvalue weighted by Gasteiger charge is -2.23. The number of hydrogen-bond donors (Lipinski definition) is 1. The number of rotatable bonds is 5. The quantitative estimate of drug-likeness (QED) is 0.844. The summed E-state index contributed by atoms with van der Waals surface area (Å²) in [5.41, 5.74) is 1.17. The molecule has 1 saturated carbocycles. The molecule has 152 valence electrons.